The Morgan fingerprint density at radius 1 is 1.09 bits per heavy atom. The Kier molecular flexibility index (Phi) is 4.42. The number of sulfonamides is 1. The molecule has 0 radical (unpaired) electrons. The minimum Gasteiger partial charge on any atom is -0.454 e. The molecule has 0 atom stereocenters. The van der Waals surface area contributed by atoms with Gasteiger partial charge in [0.05, 0.1) is 10.0 Å². The molecule has 0 amide bonds. The van der Waals surface area contributed by atoms with Crippen molar-refractivity contribution in [2.45, 2.75) is 11.4 Å². The molecule has 0 bridgehead atoms. The number of hydrogen-bond donors (Lipinski definition) is 0. The van der Waals surface area contributed by atoms with Crippen LogP contribution in [-0.4, -0.2) is 26.6 Å². The van der Waals surface area contributed by atoms with Crippen molar-refractivity contribution >= 4 is 33.2 Å². The smallest absolute Gasteiger partial charge is 0.246 e. The van der Waals surface area contributed by atoms with Crippen molar-refractivity contribution < 1.29 is 17.9 Å². The average Bonchev–Trinajstić information content (AvgIpc) is 2.94. The molecule has 0 aromatic heterocycles. The van der Waals surface area contributed by atoms with Crippen molar-refractivity contribution in [3.8, 4) is 11.5 Å². The van der Waals surface area contributed by atoms with Gasteiger partial charge in [-0.15, -0.1) is 0 Å². The predicted octanol–water partition coefficient (Wildman–Crippen LogP) is 3.54. The molecule has 0 unspecified atom stereocenters. The maximum Gasteiger partial charge on any atom is 0.246 e. The van der Waals surface area contributed by atoms with Gasteiger partial charge in [-0.25, -0.2) is 8.42 Å². The molecule has 0 spiro atoms. The van der Waals surface area contributed by atoms with E-state index in [4.69, 9.17) is 32.7 Å². The molecule has 0 fully saturated rings. The molecule has 5 nitrogen and oxygen atoms in total. The van der Waals surface area contributed by atoms with Crippen LogP contribution in [0.25, 0.3) is 0 Å². The summed E-state index contributed by atoms with van der Waals surface area (Å²) in [5, 5.41) is 0.185. The van der Waals surface area contributed by atoms with E-state index in [0.717, 1.165) is 5.56 Å². The first-order valence-electron chi connectivity index (χ1n) is 6.68. The van der Waals surface area contributed by atoms with Gasteiger partial charge in [0.2, 0.25) is 16.8 Å². The van der Waals surface area contributed by atoms with E-state index in [-0.39, 0.29) is 28.3 Å². The van der Waals surface area contributed by atoms with Gasteiger partial charge >= 0.3 is 0 Å². The van der Waals surface area contributed by atoms with Gasteiger partial charge in [0.1, 0.15) is 4.90 Å². The number of fused-ring (bicyclic) bond motifs is 1. The number of nitrogens with zero attached hydrogens (tertiary/aromatic N) is 1. The first-order valence-corrected chi connectivity index (χ1v) is 8.88. The van der Waals surface area contributed by atoms with Crippen LogP contribution in [-0.2, 0) is 16.6 Å². The van der Waals surface area contributed by atoms with E-state index in [9.17, 15) is 8.42 Å². The quantitative estimate of drug-likeness (QED) is 0.822. The fourth-order valence-electron chi connectivity index (χ4n) is 2.27. The van der Waals surface area contributed by atoms with Crippen LogP contribution in [0, 0.1) is 0 Å². The SMILES string of the molecule is CN(Cc1ccc2c(c1)OCO2)S(=O)(=O)c1c(Cl)cccc1Cl. The lowest BCUT2D eigenvalue weighted by atomic mass is 10.2. The lowest BCUT2D eigenvalue weighted by Crippen LogP contribution is -2.27. The second-order valence-corrected chi connectivity index (χ2v) is 7.80. The Bertz CT molecular complexity index is 834. The molecule has 2 aromatic carbocycles. The summed E-state index contributed by atoms with van der Waals surface area (Å²) in [5.41, 5.74) is 0.767. The van der Waals surface area contributed by atoms with Crippen LogP contribution in [0.3, 0.4) is 0 Å². The fourth-order valence-corrected chi connectivity index (χ4v) is 4.51. The van der Waals surface area contributed by atoms with Gasteiger partial charge in [-0.1, -0.05) is 35.3 Å². The maximum atomic E-state index is 12.7. The summed E-state index contributed by atoms with van der Waals surface area (Å²) in [5.74, 6) is 1.25. The highest BCUT2D eigenvalue weighted by atomic mass is 35.5. The fraction of sp³-hybridized carbons (Fsp3) is 0.200. The molecule has 8 heteroatoms. The van der Waals surface area contributed by atoms with Crippen molar-refractivity contribution in [2.75, 3.05) is 13.8 Å². The van der Waals surface area contributed by atoms with Crippen molar-refractivity contribution in [3.63, 3.8) is 0 Å². The lowest BCUT2D eigenvalue weighted by Gasteiger charge is -2.19. The molecular weight excluding hydrogens is 361 g/mol. The number of ether oxygens (including phenoxy) is 2. The zero-order valence-electron chi connectivity index (χ0n) is 12.1. The number of halogens is 2. The highest BCUT2D eigenvalue weighted by Gasteiger charge is 2.27. The van der Waals surface area contributed by atoms with Gasteiger partial charge < -0.3 is 9.47 Å². The van der Waals surface area contributed by atoms with Gasteiger partial charge in [0, 0.05) is 13.6 Å². The molecule has 0 N–H and O–H groups in total. The third-order valence-corrected chi connectivity index (χ3v) is 6.19. The normalized spacial score (nSPS) is 13.6. The van der Waals surface area contributed by atoms with E-state index < -0.39 is 10.0 Å². The largest absolute Gasteiger partial charge is 0.454 e. The highest BCUT2D eigenvalue weighted by molar-refractivity contribution is 7.89. The van der Waals surface area contributed by atoms with E-state index in [1.807, 2.05) is 0 Å². The summed E-state index contributed by atoms with van der Waals surface area (Å²) in [6, 6.07) is 9.88. The lowest BCUT2D eigenvalue weighted by molar-refractivity contribution is 0.174. The van der Waals surface area contributed by atoms with Gasteiger partial charge in [-0.05, 0) is 29.8 Å². The first kappa shape index (κ1) is 16.4. The van der Waals surface area contributed by atoms with E-state index in [2.05, 4.69) is 0 Å². The summed E-state index contributed by atoms with van der Waals surface area (Å²) >= 11 is 12.0. The van der Waals surface area contributed by atoms with E-state index in [1.54, 1.807) is 24.3 Å². The topological polar surface area (TPSA) is 55.8 Å². The van der Waals surface area contributed by atoms with E-state index in [0.29, 0.717) is 11.5 Å². The van der Waals surface area contributed by atoms with Crippen LogP contribution in [0.15, 0.2) is 41.3 Å². The average molecular weight is 374 g/mol. The Labute approximate surface area is 144 Å². The monoisotopic (exact) mass is 373 g/mol. The summed E-state index contributed by atoms with van der Waals surface area (Å²) in [6.07, 6.45) is 0. The van der Waals surface area contributed by atoms with Crippen LogP contribution in [0.2, 0.25) is 10.0 Å². The van der Waals surface area contributed by atoms with Gasteiger partial charge in [0.25, 0.3) is 0 Å². The predicted molar refractivity (Wildman–Crippen MR) is 87.7 cm³/mol. The molecular formula is C15H13Cl2NO4S. The van der Waals surface area contributed by atoms with E-state index in [1.165, 1.54) is 23.5 Å². The molecule has 2 aromatic rings. The molecule has 23 heavy (non-hydrogen) atoms. The second kappa shape index (κ2) is 6.20. The Morgan fingerprint density at radius 2 is 1.74 bits per heavy atom. The molecule has 122 valence electrons. The minimum absolute atomic E-state index is 0.0911. The van der Waals surface area contributed by atoms with Crippen molar-refractivity contribution in [1.82, 2.24) is 4.31 Å². The second-order valence-electron chi connectivity index (χ2n) is 5.00. The van der Waals surface area contributed by atoms with Crippen LogP contribution < -0.4 is 9.47 Å². The van der Waals surface area contributed by atoms with Crippen LogP contribution in [0.1, 0.15) is 5.56 Å². The number of benzene rings is 2. The summed E-state index contributed by atoms with van der Waals surface area (Å²) < 4.78 is 37.2. The Balaban J connectivity index is 1.89. The zero-order chi connectivity index (χ0) is 16.6. The highest BCUT2D eigenvalue weighted by Crippen LogP contribution is 2.34. The molecule has 1 aliphatic heterocycles. The van der Waals surface area contributed by atoms with Crippen molar-refractivity contribution in [1.29, 1.82) is 0 Å². The van der Waals surface area contributed by atoms with Crippen molar-refractivity contribution in [3.05, 3.63) is 52.0 Å². The maximum absolute atomic E-state index is 12.7. The van der Waals surface area contributed by atoms with Crippen LogP contribution in [0.5, 0.6) is 11.5 Å². The molecule has 1 heterocycles. The van der Waals surface area contributed by atoms with Crippen LogP contribution in [0.4, 0.5) is 0 Å². The van der Waals surface area contributed by atoms with Gasteiger partial charge in [0.15, 0.2) is 11.5 Å². The Hall–Kier alpha value is -1.47. The van der Waals surface area contributed by atoms with Crippen LogP contribution >= 0.6 is 23.2 Å². The molecule has 0 aliphatic carbocycles. The molecule has 0 saturated heterocycles. The summed E-state index contributed by atoms with van der Waals surface area (Å²) in [7, 11) is -2.34. The van der Waals surface area contributed by atoms with Crippen molar-refractivity contribution in [2.24, 2.45) is 0 Å². The number of hydrogen-bond acceptors (Lipinski definition) is 4. The third kappa shape index (κ3) is 3.12. The Morgan fingerprint density at radius 3 is 2.43 bits per heavy atom. The van der Waals surface area contributed by atoms with Gasteiger partial charge in [-0.3, -0.25) is 0 Å². The third-order valence-electron chi connectivity index (χ3n) is 3.43. The zero-order valence-corrected chi connectivity index (χ0v) is 14.5. The number of rotatable bonds is 4. The first-order chi connectivity index (χ1) is 10.9. The summed E-state index contributed by atoms with van der Waals surface area (Å²) in [4.78, 5) is -0.0911. The standard InChI is InChI=1S/C15H13Cl2NO4S/c1-18(8-10-5-6-13-14(7-10)22-9-21-13)23(19,20)15-11(16)3-2-4-12(15)17/h2-7H,8-9H2,1H3. The molecule has 1 aliphatic rings. The molecule has 0 saturated carbocycles. The van der Waals surface area contributed by atoms with E-state index >= 15 is 0 Å². The molecule has 3 rings (SSSR count). The van der Waals surface area contributed by atoms with Gasteiger partial charge in [-0.2, -0.15) is 4.31 Å². The summed E-state index contributed by atoms with van der Waals surface area (Å²) in [6.45, 7) is 0.322. The minimum atomic E-state index is -3.82.